The average Bonchev–Trinajstić information content (AvgIpc) is 2.48. The SMILES string of the molecule is C[C@@H]1NC(=O)[C@@H]2CCCN2C[C@@H]1C. The molecule has 1 amide bonds. The first-order chi connectivity index (χ1) is 6.18. The molecule has 2 saturated heterocycles. The van der Waals surface area contributed by atoms with Crippen molar-refractivity contribution < 1.29 is 4.79 Å². The van der Waals surface area contributed by atoms with E-state index in [2.05, 4.69) is 24.1 Å². The molecule has 3 nitrogen and oxygen atoms in total. The highest BCUT2D eigenvalue weighted by molar-refractivity contribution is 5.82. The summed E-state index contributed by atoms with van der Waals surface area (Å²) in [4.78, 5) is 14.0. The van der Waals surface area contributed by atoms with Gasteiger partial charge in [0.25, 0.3) is 0 Å². The molecule has 0 aromatic heterocycles. The molecule has 0 aliphatic carbocycles. The smallest absolute Gasteiger partial charge is 0.237 e. The Hall–Kier alpha value is -0.570. The Bertz CT molecular complexity index is 217. The summed E-state index contributed by atoms with van der Waals surface area (Å²) in [5.74, 6) is 0.821. The summed E-state index contributed by atoms with van der Waals surface area (Å²) in [7, 11) is 0. The van der Waals surface area contributed by atoms with Crippen LogP contribution in [0.3, 0.4) is 0 Å². The molecular formula is C10H18N2O. The molecule has 0 aromatic rings. The van der Waals surface area contributed by atoms with Gasteiger partial charge in [0.05, 0.1) is 6.04 Å². The van der Waals surface area contributed by atoms with Crippen LogP contribution in [0.25, 0.3) is 0 Å². The Balaban J connectivity index is 2.14. The monoisotopic (exact) mass is 182 g/mol. The van der Waals surface area contributed by atoms with E-state index >= 15 is 0 Å². The second-order valence-electron chi connectivity index (χ2n) is 4.43. The summed E-state index contributed by atoms with van der Waals surface area (Å²) in [6.07, 6.45) is 2.23. The second-order valence-corrected chi connectivity index (χ2v) is 4.43. The van der Waals surface area contributed by atoms with Gasteiger partial charge in [0.15, 0.2) is 0 Å². The Morgan fingerprint density at radius 3 is 3.00 bits per heavy atom. The average molecular weight is 182 g/mol. The van der Waals surface area contributed by atoms with Crippen molar-refractivity contribution in [2.75, 3.05) is 13.1 Å². The van der Waals surface area contributed by atoms with Crippen LogP contribution in [0.4, 0.5) is 0 Å². The van der Waals surface area contributed by atoms with Crippen molar-refractivity contribution in [1.82, 2.24) is 10.2 Å². The number of fused-ring (bicyclic) bond motifs is 1. The molecule has 74 valence electrons. The number of hydrogen-bond acceptors (Lipinski definition) is 2. The maximum atomic E-state index is 11.7. The molecule has 3 heteroatoms. The maximum Gasteiger partial charge on any atom is 0.237 e. The topological polar surface area (TPSA) is 32.3 Å². The van der Waals surface area contributed by atoms with Gasteiger partial charge in [-0.1, -0.05) is 6.92 Å². The van der Waals surface area contributed by atoms with E-state index < -0.39 is 0 Å². The highest BCUT2D eigenvalue weighted by Gasteiger charge is 2.35. The fraction of sp³-hybridized carbons (Fsp3) is 0.900. The van der Waals surface area contributed by atoms with Gasteiger partial charge in [-0.3, -0.25) is 9.69 Å². The van der Waals surface area contributed by atoms with Crippen molar-refractivity contribution in [1.29, 1.82) is 0 Å². The number of hydrogen-bond donors (Lipinski definition) is 1. The lowest BCUT2D eigenvalue weighted by Crippen LogP contribution is -2.41. The number of nitrogens with zero attached hydrogens (tertiary/aromatic N) is 1. The third kappa shape index (κ3) is 1.57. The molecule has 0 spiro atoms. The first-order valence-corrected chi connectivity index (χ1v) is 5.23. The fourth-order valence-electron chi connectivity index (χ4n) is 2.33. The van der Waals surface area contributed by atoms with Crippen molar-refractivity contribution in [2.45, 2.75) is 38.8 Å². The number of rotatable bonds is 0. The minimum Gasteiger partial charge on any atom is -0.352 e. The Morgan fingerprint density at radius 1 is 1.46 bits per heavy atom. The molecule has 2 fully saturated rings. The largest absolute Gasteiger partial charge is 0.352 e. The predicted molar refractivity (Wildman–Crippen MR) is 51.4 cm³/mol. The fourth-order valence-corrected chi connectivity index (χ4v) is 2.33. The van der Waals surface area contributed by atoms with Crippen LogP contribution in [0.2, 0.25) is 0 Å². The van der Waals surface area contributed by atoms with Crippen molar-refractivity contribution in [2.24, 2.45) is 5.92 Å². The zero-order chi connectivity index (χ0) is 9.42. The van der Waals surface area contributed by atoms with Crippen LogP contribution in [-0.2, 0) is 4.79 Å². The lowest BCUT2D eigenvalue weighted by atomic mass is 10.0. The van der Waals surface area contributed by atoms with Gasteiger partial charge < -0.3 is 5.32 Å². The zero-order valence-electron chi connectivity index (χ0n) is 8.42. The van der Waals surface area contributed by atoms with E-state index in [1.54, 1.807) is 0 Å². The van der Waals surface area contributed by atoms with Crippen LogP contribution < -0.4 is 5.32 Å². The van der Waals surface area contributed by atoms with Gasteiger partial charge in [-0.2, -0.15) is 0 Å². The Labute approximate surface area is 79.5 Å². The van der Waals surface area contributed by atoms with Gasteiger partial charge in [-0.25, -0.2) is 0 Å². The zero-order valence-corrected chi connectivity index (χ0v) is 8.42. The van der Waals surface area contributed by atoms with Gasteiger partial charge in [0.2, 0.25) is 5.91 Å². The van der Waals surface area contributed by atoms with Crippen LogP contribution in [0.1, 0.15) is 26.7 Å². The molecule has 13 heavy (non-hydrogen) atoms. The number of nitrogens with one attached hydrogen (secondary N) is 1. The van der Waals surface area contributed by atoms with Crippen molar-refractivity contribution in [3.63, 3.8) is 0 Å². The highest BCUT2D eigenvalue weighted by atomic mass is 16.2. The van der Waals surface area contributed by atoms with Crippen LogP contribution in [-0.4, -0.2) is 36.0 Å². The Morgan fingerprint density at radius 2 is 2.23 bits per heavy atom. The molecule has 0 bridgehead atoms. The molecule has 2 rings (SSSR count). The van der Waals surface area contributed by atoms with Crippen LogP contribution >= 0.6 is 0 Å². The van der Waals surface area contributed by atoms with Gasteiger partial charge in [0.1, 0.15) is 0 Å². The molecular weight excluding hydrogens is 164 g/mol. The molecule has 2 heterocycles. The third-order valence-electron chi connectivity index (χ3n) is 3.41. The predicted octanol–water partition coefficient (Wildman–Crippen LogP) is 0.605. The molecule has 1 N–H and O–H groups in total. The normalized spacial score (nSPS) is 41.1. The lowest BCUT2D eigenvalue weighted by molar-refractivity contribution is -0.125. The summed E-state index contributed by atoms with van der Waals surface area (Å²) in [5.41, 5.74) is 0. The van der Waals surface area contributed by atoms with Crippen LogP contribution in [0.15, 0.2) is 0 Å². The third-order valence-corrected chi connectivity index (χ3v) is 3.41. The van der Waals surface area contributed by atoms with E-state index in [1.807, 2.05) is 0 Å². The maximum absolute atomic E-state index is 11.7. The minimum absolute atomic E-state index is 0.174. The molecule has 2 aliphatic heterocycles. The van der Waals surface area contributed by atoms with E-state index in [1.165, 1.54) is 6.42 Å². The molecule has 3 atom stereocenters. The first-order valence-electron chi connectivity index (χ1n) is 5.23. The molecule has 0 radical (unpaired) electrons. The van der Waals surface area contributed by atoms with Crippen molar-refractivity contribution in [3.8, 4) is 0 Å². The summed E-state index contributed by atoms with van der Waals surface area (Å²) in [5, 5.41) is 3.08. The molecule has 2 aliphatic rings. The summed E-state index contributed by atoms with van der Waals surface area (Å²) >= 11 is 0. The quantitative estimate of drug-likeness (QED) is 0.595. The standard InChI is InChI=1S/C10H18N2O/c1-7-6-12-5-3-4-9(12)10(13)11-8(7)2/h7-9H,3-6H2,1-2H3,(H,11,13)/t7-,8-,9-/m0/s1. The summed E-state index contributed by atoms with van der Waals surface area (Å²) in [6, 6.07) is 0.505. The van der Waals surface area contributed by atoms with Gasteiger partial charge >= 0.3 is 0 Å². The van der Waals surface area contributed by atoms with Crippen molar-refractivity contribution >= 4 is 5.91 Å². The van der Waals surface area contributed by atoms with E-state index in [-0.39, 0.29) is 11.9 Å². The highest BCUT2D eigenvalue weighted by Crippen LogP contribution is 2.22. The van der Waals surface area contributed by atoms with E-state index in [0.717, 1.165) is 19.5 Å². The second kappa shape index (κ2) is 3.29. The number of carbonyl (C=O) groups excluding carboxylic acids is 1. The van der Waals surface area contributed by atoms with Gasteiger partial charge in [-0.15, -0.1) is 0 Å². The van der Waals surface area contributed by atoms with Gasteiger partial charge in [0, 0.05) is 12.6 Å². The van der Waals surface area contributed by atoms with E-state index in [4.69, 9.17) is 0 Å². The number of carbonyl (C=O) groups is 1. The number of amides is 1. The Kier molecular flexibility index (Phi) is 2.28. The first kappa shape index (κ1) is 9.00. The molecule has 0 unspecified atom stereocenters. The summed E-state index contributed by atoms with van der Waals surface area (Å²) in [6.45, 7) is 6.50. The minimum atomic E-state index is 0.174. The van der Waals surface area contributed by atoms with Crippen LogP contribution in [0, 0.1) is 5.92 Å². The van der Waals surface area contributed by atoms with Crippen LogP contribution in [0.5, 0.6) is 0 Å². The van der Waals surface area contributed by atoms with E-state index in [0.29, 0.717) is 12.0 Å². The van der Waals surface area contributed by atoms with Crippen molar-refractivity contribution in [3.05, 3.63) is 0 Å². The molecule has 0 saturated carbocycles. The van der Waals surface area contributed by atoms with Gasteiger partial charge in [-0.05, 0) is 32.2 Å². The lowest BCUT2D eigenvalue weighted by Gasteiger charge is -2.21. The molecule has 0 aromatic carbocycles. The van der Waals surface area contributed by atoms with E-state index in [9.17, 15) is 4.79 Å². The summed E-state index contributed by atoms with van der Waals surface area (Å²) < 4.78 is 0.